The van der Waals surface area contributed by atoms with Gasteiger partial charge in [-0.2, -0.15) is 21.6 Å². The number of imide groups is 1. The zero-order valence-electron chi connectivity index (χ0n) is 14.0. The van der Waals surface area contributed by atoms with E-state index in [4.69, 9.17) is 0 Å². The van der Waals surface area contributed by atoms with Crippen LogP contribution in [0.4, 0.5) is 13.2 Å². The molecule has 10 heteroatoms. The molecule has 0 saturated heterocycles. The number of amides is 2. The fraction of sp³-hybridized carbons (Fsp3) is 0.294. The molecule has 3 rings (SSSR count). The summed E-state index contributed by atoms with van der Waals surface area (Å²) in [6.07, 6.45) is 2.50. The Morgan fingerprint density at radius 2 is 1.67 bits per heavy atom. The van der Waals surface area contributed by atoms with Crippen molar-refractivity contribution in [2.75, 3.05) is 0 Å². The number of alkyl halides is 3. The van der Waals surface area contributed by atoms with Gasteiger partial charge in [-0.1, -0.05) is 31.5 Å². The predicted molar refractivity (Wildman–Crippen MR) is 89.1 cm³/mol. The molecule has 2 aromatic rings. The summed E-state index contributed by atoms with van der Waals surface area (Å²) in [6, 6.07) is 7.53. The molecule has 144 valence electrons. The molecule has 2 aromatic carbocycles. The van der Waals surface area contributed by atoms with Crippen LogP contribution in [0.3, 0.4) is 0 Å². The van der Waals surface area contributed by atoms with Crippen molar-refractivity contribution < 1.29 is 35.5 Å². The molecule has 0 radical (unpaired) electrons. The zero-order valence-corrected chi connectivity index (χ0v) is 14.9. The van der Waals surface area contributed by atoms with E-state index in [1.807, 2.05) is 6.92 Å². The first-order chi connectivity index (χ1) is 12.6. The van der Waals surface area contributed by atoms with Gasteiger partial charge in [-0.15, -0.1) is 9.35 Å². The number of benzene rings is 2. The standard InChI is InChI=1S/C17H14F3NO5S/c1-2-3-5-10-8-9-13-14-11(10)6-4-7-12(14)15(22)21(16(13)23)26-27(24,25)17(18,19)20/h4,6-9H,2-3,5H2,1H3. The van der Waals surface area contributed by atoms with Crippen molar-refractivity contribution in [1.29, 1.82) is 0 Å². The van der Waals surface area contributed by atoms with E-state index >= 15 is 0 Å². The summed E-state index contributed by atoms with van der Waals surface area (Å²) in [4.78, 5) is 25.0. The number of halogens is 3. The number of rotatable bonds is 5. The van der Waals surface area contributed by atoms with Gasteiger partial charge in [-0.25, -0.2) is 0 Å². The molecule has 0 aliphatic carbocycles. The van der Waals surface area contributed by atoms with Crippen LogP contribution in [-0.4, -0.2) is 30.8 Å². The van der Waals surface area contributed by atoms with Crippen LogP contribution in [-0.2, 0) is 20.8 Å². The average molecular weight is 401 g/mol. The third kappa shape index (κ3) is 3.19. The molecule has 0 bridgehead atoms. The van der Waals surface area contributed by atoms with Crippen molar-refractivity contribution in [3.8, 4) is 0 Å². The van der Waals surface area contributed by atoms with Crippen LogP contribution in [0.15, 0.2) is 30.3 Å². The van der Waals surface area contributed by atoms with Crippen LogP contribution in [0.2, 0.25) is 0 Å². The maximum Gasteiger partial charge on any atom is 0.525 e. The van der Waals surface area contributed by atoms with Gasteiger partial charge in [-0.05, 0) is 35.9 Å². The minimum absolute atomic E-state index is 0.0992. The summed E-state index contributed by atoms with van der Waals surface area (Å²) < 4.78 is 64.1. The van der Waals surface area contributed by atoms with Gasteiger partial charge in [0.25, 0.3) is 11.8 Å². The smallest absolute Gasteiger partial charge is 0.266 e. The fourth-order valence-corrected chi connectivity index (χ4v) is 3.34. The Labute approximate surface area is 152 Å². The lowest BCUT2D eigenvalue weighted by atomic mass is 9.90. The molecule has 0 N–H and O–H groups in total. The summed E-state index contributed by atoms with van der Waals surface area (Å²) in [7, 11) is -6.17. The van der Waals surface area contributed by atoms with E-state index in [-0.39, 0.29) is 21.6 Å². The molecular formula is C17H14F3NO5S. The van der Waals surface area contributed by atoms with E-state index in [9.17, 15) is 31.2 Å². The highest BCUT2D eigenvalue weighted by Gasteiger charge is 2.51. The van der Waals surface area contributed by atoms with Crippen molar-refractivity contribution in [3.63, 3.8) is 0 Å². The molecular weight excluding hydrogens is 387 g/mol. The maximum absolute atomic E-state index is 12.6. The first-order valence-electron chi connectivity index (χ1n) is 8.02. The molecule has 0 fully saturated rings. The first kappa shape index (κ1) is 19.3. The third-order valence-electron chi connectivity index (χ3n) is 4.22. The molecule has 0 atom stereocenters. The first-order valence-corrected chi connectivity index (χ1v) is 9.43. The minimum atomic E-state index is -6.17. The normalized spacial score (nSPS) is 14.9. The minimum Gasteiger partial charge on any atom is -0.266 e. The lowest BCUT2D eigenvalue weighted by Gasteiger charge is -2.26. The molecule has 1 aliphatic heterocycles. The molecule has 0 unspecified atom stereocenters. The van der Waals surface area contributed by atoms with Crippen molar-refractivity contribution >= 4 is 32.7 Å². The van der Waals surface area contributed by atoms with Crippen molar-refractivity contribution in [3.05, 3.63) is 47.0 Å². The van der Waals surface area contributed by atoms with E-state index in [1.54, 1.807) is 12.1 Å². The van der Waals surface area contributed by atoms with Gasteiger partial charge in [0.1, 0.15) is 0 Å². The zero-order chi connectivity index (χ0) is 20.0. The summed E-state index contributed by atoms with van der Waals surface area (Å²) in [6.45, 7) is 2.01. The lowest BCUT2D eigenvalue weighted by Crippen LogP contribution is -2.44. The van der Waals surface area contributed by atoms with Crippen LogP contribution in [0.1, 0.15) is 46.0 Å². The second kappa shape index (κ2) is 6.61. The molecule has 0 aromatic heterocycles. The van der Waals surface area contributed by atoms with Gasteiger partial charge >= 0.3 is 15.6 Å². The molecule has 6 nitrogen and oxygen atoms in total. The van der Waals surface area contributed by atoms with Gasteiger partial charge in [0.15, 0.2) is 0 Å². The SMILES string of the molecule is CCCCc1ccc2c3c(cccc13)C(=O)N(OS(=O)(=O)C(F)(F)F)C2=O. The molecule has 0 spiro atoms. The highest BCUT2D eigenvalue weighted by atomic mass is 32.2. The van der Waals surface area contributed by atoms with Gasteiger partial charge in [-0.3, -0.25) is 9.59 Å². The van der Waals surface area contributed by atoms with E-state index in [1.165, 1.54) is 18.2 Å². The van der Waals surface area contributed by atoms with E-state index in [0.717, 1.165) is 18.4 Å². The summed E-state index contributed by atoms with van der Waals surface area (Å²) in [5.41, 5.74) is -5.09. The average Bonchev–Trinajstić information content (AvgIpc) is 2.60. The lowest BCUT2D eigenvalue weighted by molar-refractivity contribution is -0.0761. The Bertz CT molecular complexity index is 1020. The van der Waals surface area contributed by atoms with E-state index in [2.05, 4.69) is 4.28 Å². The van der Waals surface area contributed by atoms with Crippen molar-refractivity contribution in [2.45, 2.75) is 31.7 Å². The number of carbonyl (C=O) groups is 2. The Kier molecular flexibility index (Phi) is 4.73. The Balaban J connectivity index is 2.12. The van der Waals surface area contributed by atoms with Crippen LogP contribution < -0.4 is 0 Å². The van der Waals surface area contributed by atoms with Crippen LogP contribution in [0, 0.1) is 0 Å². The molecule has 1 heterocycles. The summed E-state index contributed by atoms with van der Waals surface area (Å²) in [5, 5.41) is 0.551. The summed E-state index contributed by atoms with van der Waals surface area (Å²) >= 11 is 0. The number of carbonyl (C=O) groups excluding carboxylic acids is 2. The second-order valence-corrected chi connectivity index (χ2v) is 7.50. The van der Waals surface area contributed by atoms with Gasteiger partial charge in [0.2, 0.25) is 0 Å². The topological polar surface area (TPSA) is 80.8 Å². The second-order valence-electron chi connectivity index (χ2n) is 5.98. The fourth-order valence-electron chi connectivity index (χ4n) is 2.93. The van der Waals surface area contributed by atoms with E-state index < -0.39 is 27.4 Å². The van der Waals surface area contributed by atoms with Gasteiger partial charge < -0.3 is 0 Å². The largest absolute Gasteiger partial charge is 0.525 e. The maximum atomic E-state index is 12.6. The Morgan fingerprint density at radius 1 is 1.04 bits per heavy atom. The monoisotopic (exact) mass is 401 g/mol. The quantitative estimate of drug-likeness (QED) is 0.565. The number of hydroxylamine groups is 2. The molecule has 2 amide bonds. The van der Waals surface area contributed by atoms with Gasteiger partial charge in [0.05, 0.1) is 11.1 Å². The summed E-state index contributed by atoms with van der Waals surface area (Å²) in [5.74, 6) is -2.53. The molecule has 1 aliphatic rings. The molecule has 0 saturated carbocycles. The predicted octanol–water partition coefficient (Wildman–Crippen LogP) is 3.56. The van der Waals surface area contributed by atoms with Crippen LogP contribution in [0.25, 0.3) is 10.8 Å². The third-order valence-corrected chi connectivity index (χ3v) is 5.13. The highest BCUT2D eigenvalue weighted by Crippen LogP contribution is 2.34. The number of aryl methyl sites for hydroxylation is 1. The Hall–Kier alpha value is -2.46. The number of hydrogen-bond acceptors (Lipinski definition) is 5. The van der Waals surface area contributed by atoms with Crippen LogP contribution >= 0.6 is 0 Å². The number of nitrogens with zero attached hydrogens (tertiary/aromatic N) is 1. The number of hydrogen-bond donors (Lipinski definition) is 0. The van der Waals surface area contributed by atoms with Gasteiger partial charge in [0, 0.05) is 5.39 Å². The highest BCUT2D eigenvalue weighted by molar-refractivity contribution is 7.87. The number of unbranched alkanes of at least 4 members (excludes halogenated alkanes) is 1. The van der Waals surface area contributed by atoms with Crippen LogP contribution in [0.5, 0.6) is 0 Å². The Morgan fingerprint density at radius 3 is 2.26 bits per heavy atom. The van der Waals surface area contributed by atoms with Crippen molar-refractivity contribution in [1.82, 2.24) is 5.06 Å². The van der Waals surface area contributed by atoms with Crippen molar-refractivity contribution in [2.24, 2.45) is 0 Å². The van der Waals surface area contributed by atoms with E-state index in [0.29, 0.717) is 11.8 Å². The molecule has 27 heavy (non-hydrogen) atoms.